The number of aryl methyl sites for hydroxylation is 1. The molecule has 7 heteroatoms. The lowest BCUT2D eigenvalue weighted by molar-refractivity contribution is 0.0476. The summed E-state index contributed by atoms with van der Waals surface area (Å²) in [5, 5.41) is 6.05. The molecular weight excluding hydrogens is 455 g/mol. The van der Waals surface area contributed by atoms with Crippen molar-refractivity contribution in [3.8, 4) is 0 Å². The number of amides is 1. The Balaban J connectivity index is 0.00000364. The Morgan fingerprint density at radius 2 is 1.85 bits per heavy atom. The van der Waals surface area contributed by atoms with Gasteiger partial charge in [-0.25, -0.2) is 4.79 Å². The lowest BCUT2D eigenvalue weighted by Gasteiger charge is -2.27. The lowest BCUT2D eigenvalue weighted by atomic mass is 9.90. The zero-order valence-electron chi connectivity index (χ0n) is 17.0. The van der Waals surface area contributed by atoms with Crippen LogP contribution in [0.5, 0.6) is 0 Å². The summed E-state index contributed by atoms with van der Waals surface area (Å²) in [5.74, 6) is 0.350. The number of aliphatic imine (C=N–C) groups is 1. The number of carbonyl (C=O) groups excluding carboxylic acids is 1. The van der Waals surface area contributed by atoms with Crippen LogP contribution in [0.25, 0.3) is 0 Å². The molecule has 2 rings (SSSR count). The Hall–Kier alpha value is -1.51. The third-order valence-electron chi connectivity index (χ3n) is 4.14. The first-order valence-electron chi connectivity index (χ1n) is 9.25. The zero-order valence-corrected chi connectivity index (χ0v) is 19.3. The summed E-state index contributed by atoms with van der Waals surface area (Å²) >= 11 is 0. The van der Waals surface area contributed by atoms with Gasteiger partial charge >= 0.3 is 6.09 Å². The van der Waals surface area contributed by atoms with Crippen LogP contribution in [-0.2, 0) is 17.6 Å². The van der Waals surface area contributed by atoms with Gasteiger partial charge in [0.15, 0.2) is 5.96 Å². The van der Waals surface area contributed by atoms with Crippen LogP contribution in [-0.4, -0.2) is 29.7 Å². The fourth-order valence-electron chi connectivity index (χ4n) is 2.98. The number of alkyl carbamates (subject to hydrolysis) is 1. The molecule has 0 fully saturated rings. The highest BCUT2D eigenvalue weighted by Gasteiger charge is 2.24. The normalized spacial score (nSPS) is 14.6. The van der Waals surface area contributed by atoms with Gasteiger partial charge < -0.3 is 21.1 Å². The second-order valence-corrected chi connectivity index (χ2v) is 8.49. The predicted octanol–water partition coefficient (Wildman–Crippen LogP) is 4.21. The molecule has 1 aromatic carbocycles. The summed E-state index contributed by atoms with van der Waals surface area (Å²) in [6, 6.07) is 6.27. The molecule has 1 aliphatic carbocycles. The summed E-state index contributed by atoms with van der Waals surface area (Å²) in [5.41, 5.74) is 8.73. The largest absolute Gasteiger partial charge is 0.444 e. The highest BCUT2D eigenvalue weighted by Crippen LogP contribution is 2.27. The molecule has 0 spiro atoms. The van der Waals surface area contributed by atoms with Crippen molar-refractivity contribution >= 4 is 41.7 Å². The maximum atomic E-state index is 11.9. The number of nitrogens with zero attached hydrogens (tertiary/aromatic N) is 1. The number of nitrogens with two attached hydrogens (primary N) is 1. The van der Waals surface area contributed by atoms with Crippen molar-refractivity contribution in [1.82, 2.24) is 5.32 Å². The van der Waals surface area contributed by atoms with Gasteiger partial charge in [-0.1, -0.05) is 12.1 Å². The number of halogens is 1. The molecule has 0 aliphatic heterocycles. The van der Waals surface area contributed by atoms with Gasteiger partial charge in [0.05, 0.1) is 12.1 Å². The van der Waals surface area contributed by atoms with Gasteiger partial charge in [0, 0.05) is 5.69 Å². The van der Waals surface area contributed by atoms with Crippen molar-refractivity contribution in [3.63, 3.8) is 0 Å². The monoisotopic (exact) mass is 488 g/mol. The van der Waals surface area contributed by atoms with Gasteiger partial charge in [0.25, 0.3) is 0 Å². The third-order valence-corrected chi connectivity index (χ3v) is 4.14. The van der Waals surface area contributed by atoms with Crippen LogP contribution in [0, 0.1) is 0 Å². The van der Waals surface area contributed by atoms with E-state index < -0.39 is 17.2 Å². The minimum atomic E-state index is -0.565. The Labute approximate surface area is 179 Å². The molecule has 0 saturated heterocycles. The Bertz CT molecular complexity index is 681. The van der Waals surface area contributed by atoms with E-state index in [1.54, 1.807) is 0 Å². The third kappa shape index (κ3) is 7.94. The minimum absolute atomic E-state index is 0. The van der Waals surface area contributed by atoms with Gasteiger partial charge in [-0.05, 0) is 77.5 Å². The van der Waals surface area contributed by atoms with E-state index in [0.717, 1.165) is 18.5 Å². The van der Waals surface area contributed by atoms with E-state index in [-0.39, 0.29) is 24.0 Å². The number of anilines is 1. The van der Waals surface area contributed by atoms with E-state index in [4.69, 9.17) is 10.5 Å². The van der Waals surface area contributed by atoms with Crippen LogP contribution in [0.4, 0.5) is 10.5 Å². The van der Waals surface area contributed by atoms with Crippen molar-refractivity contribution in [3.05, 3.63) is 29.3 Å². The van der Waals surface area contributed by atoms with Crippen LogP contribution >= 0.6 is 24.0 Å². The molecule has 0 aromatic heterocycles. The first-order valence-corrected chi connectivity index (χ1v) is 9.25. The van der Waals surface area contributed by atoms with Crippen molar-refractivity contribution in [2.24, 2.45) is 10.7 Å². The average Bonchev–Trinajstić information content (AvgIpc) is 2.51. The van der Waals surface area contributed by atoms with Gasteiger partial charge in [-0.15, -0.1) is 24.0 Å². The van der Waals surface area contributed by atoms with Crippen molar-refractivity contribution in [2.75, 3.05) is 11.9 Å². The lowest BCUT2D eigenvalue weighted by Crippen LogP contribution is -2.48. The minimum Gasteiger partial charge on any atom is -0.444 e. The zero-order chi connectivity index (χ0) is 19.4. The topological polar surface area (TPSA) is 88.7 Å². The number of benzene rings is 1. The molecule has 1 aromatic rings. The highest BCUT2D eigenvalue weighted by atomic mass is 127. The van der Waals surface area contributed by atoms with E-state index in [1.807, 2.05) is 46.8 Å². The summed E-state index contributed by atoms with van der Waals surface area (Å²) in [6.45, 7) is 9.62. The molecule has 0 saturated carbocycles. The standard InChI is InChI=1S/C20H32N4O2.HI/c1-19(2,3)26-18(25)24-20(4,5)13-22-17(21)23-16-12-8-10-14-9-6-7-11-15(14)16;/h8,10,12H,6-7,9,11,13H2,1-5H3,(H,24,25)(H3,21,22,23);1H. The molecule has 1 amide bonds. The molecule has 0 heterocycles. The quantitative estimate of drug-likeness (QED) is 0.337. The second kappa shape index (κ2) is 9.61. The molecule has 0 unspecified atom stereocenters. The predicted molar refractivity (Wildman–Crippen MR) is 122 cm³/mol. The number of fused-ring (bicyclic) bond motifs is 1. The second-order valence-electron chi connectivity index (χ2n) is 8.49. The van der Waals surface area contributed by atoms with Crippen molar-refractivity contribution < 1.29 is 9.53 Å². The number of ether oxygens (including phenoxy) is 1. The number of carbonyl (C=O) groups is 1. The molecule has 0 radical (unpaired) electrons. The van der Waals surface area contributed by atoms with E-state index in [0.29, 0.717) is 12.5 Å². The van der Waals surface area contributed by atoms with Crippen LogP contribution in [0.3, 0.4) is 0 Å². The molecular formula is C20H33IN4O2. The molecule has 4 N–H and O–H groups in total. The van der Waals surface area contributed by atoms with Crippen LogP contribution in [0.2, 0.25) is 0 Å². The Kier molecular flexibility index (Phi) is 8.38. The smallest absolute Gasteiger partial charge is 0.408 e. The first kappa shape index (κ1) is 23.5. The van der Waals surface area contributed by atoms with E-state index in [9.17, 15) is 4.79 Å². The Morgan fingerprint density at radius 1 is 1.19 bits per heavy atom. The van der Waals surface area contributed by atoms with Gasteiger partial charge in [0.1, 0.15) is 5.60 Å². The van der Waals surface area contributed by atoms with E-state index in [2.05, 4.69) is 21.7 Å². The number of hydrogen-bond acceptors (Lipinski definition) is 3. The van der Waals surface area contributed by atoms with Crippen LogP contribution in [0.1, 0.15) is 58.6 Å². The SMILES string of the molecule is CC(C)(CN=C(N)Nc1cccc2c1CCCC2)NC(=O)OC(C)(C)C.I. The average molecular weight is 488 g/mol. The van der Waals surface area contributed by atoms with Crippen LogP contribution < -0.4 is 16.4 Å². The summed E-state index contributed by atoms with van der Waals surface area (Å²) < 4.78 is 5.29. The van der Waals surface area contributed by atoms with Gasteiger partial charge in [-0.3, -0.25) is 4.99 Å². The maximum absolute atomic E-state index is 11.9. The molecule has 0 atom stereocenters. The number of nitrogens with one attached hydrogen (secondary N) is 2. The maximum Gasteiger partial charge on any atom is 0.408 e. The number of rotatable bonds is 4. The number of hydrogen-bond donors (Lipinski definition) is 3. The van der Waals surface area contributed by atoms with E-state index in [1.165, 1.54) is 24.0 Å². The summed E-state index contributed by atoms with van der Waals surface area (Å²) in [6.07, 6.45) is 4.17. The molecule has 0 bridgehead atoms. The highest BCUT2D eigenvalue weighted by molar-refractivity contribution is 14.0. The summed E-state index contributed by atoms with van der Waals surface area (Å²) in [7, 11) is 0. The van der Waals surface area contributed by atoms with Gasteiger partial charge in [-0.2, -0.15) is 0 Å². The fourth-order valence-corrected chi connectivity index (χ4v) is 2.98. The van der Waals surface area contributed by atoms with Gasteiger partial charge in [0.2, 0.25) is 0 Å². The molecule has 1 aliphatic rings. The van der Waals surface area contributed by atoms with Crippen LogP contribution in [0.15, 0.2) is 23.2 Å². The molecule has 27 heavy (non-hydrogen) atoms. The molecule has 6 nitrogen and oxygen atoms in total. The fraction of sp³-hybridized carbons (Fsp3) is 0.600. The molecule has 152 valence electrons. The van der Waals surface area contributed by atoms with Crippen molar-refractivity contribution in [1.29, 1.82) is 0 Å². The summed E-state index contributed by atoms with van der Waals surface area (Å²) in [4.78, 5) is 16.3. The Morgan fingerprint density at radius 3 is 2.52 bits per heavy atom. The van der Waals surface area contributed by atoms with E-state index >= 15 is 0 Å². The van der Waals surface area contributed by atoms with Crippen molar-refractivity contribution in [2.45, 2.75) is 71.4 Å². The first-order chi connectivity index (χ1) is 12.1. The number of guanidine groups is 1.